The van der Waals surface area contributed by atoms with Gasteiger partial charge in [-0.15, -0.1) is 0 Å². The molecule has 28 heavy (non-hydrogen) atoms. The summed E-state index contributed by atoms with van der Waals surface area (Å²) in [6.07, 6.45) is 2.91. The minimum absolute atomic E-state index is 0.267. The number of nitrogens with zero attached hydrogens (tertiary/aromatic N) is 1. The van der Waals surface area contributed by atoms with E-state index in [9.17, 15) is 9.59 Å². The van der Waals surface area contributed by atoms with Crippen LogP contribution in [0.15, 0.2) is 60.9 Å². The average Bonchev–Trinajstić information content (AvgIpc) is 2.70. The van der Waals surface area contributed by atoms with Crippen molar-refractivity contribution in [3.8, 4) is 0 Å². The number of nitrogens with one attached hydrogen (secondary N) is 2. The zero-order valence-electron chi connectivity index (χ0n) is 16.2. The molecule has 0 aliphatic rings. The summed E-state index contributed by atoms with van der Waals surface area (Å²) >= 11 is 0. The molecule has 0 saturated heterocycles. The van der Waals surface area contributed by atoms with Crippen molar-refractivity contribution in [3.05, 3.63) is 94.3 Å². The third-order valence-corrected chi connectivity index (χ3v) is 4.73. The Hall–Kier alpha value is -3.47. The number of benzene rings is 2. The maximum Gasteiger partial charge on any atom is 0.257 e. The molecule has 0 fully saturated rings. The Morgan fingerprint density at radius 2 is 1.54 bits per heavy atom. The van der Waals surface area contributed by atoms with Gasteiger partial charge in [0.05, 0.1) is 11.1 Å². The molecule has 1 heterocycles. The summed E-state index contributed by atoms with van der Waals surface area (Å²) < 4.78 is 0. The average molecular weight is 373 g/mol. The SMILES string of the molecule is Cc1ccc(NC(=O)c2cncc(C(=O)NCc3ccccc3C)c2)cc1C. The first-order valence-electron chi connectivity index (χ1n) is 9.10. The third-order valence-electron chi connectivity index (χ3n) is 4.73. The van der Waals surface area contributed by atoms with Crippen LogP contribution >= 0.6 is 0 Å². The summed E-state index contributed by atoms with van der Waals surface area (Å²) in [5, 5.41) is 5.72. The fourth-order valence-corrected chi connectivity index (χ4v) is 2.80. The van der Waals surface area contributed by atoms with Gasteiger partial charge in [-0.25, -0.2) is 0 Å². The molecule has 3 rings (SSSR count). The van der Waals surface area contributed by atoms with Crippen molar-refractivity contribution in [2.45, 2.75) is 27.3 Å². The second-order valence-corrected chi connectivity index (χ2v) is 6.82. The van der Waals surface area contributed by atoms with Gasteiger partial charge in [-0.1, -0.05) is 30.3 Å². The molecule has 2 N–H and O–H groups in total. The first-order chi connectivity index (χ1) is 13.4. The quantitative estimate of drug-likeness (QED) is 0.704. The maximum absolute atomic E-state index is 12.5. The Bertz CT molecular complexity index is 1030. The number of rotatable bonds is 5. The summed E-state index contributed by atoms with van der Waals surface area (Å²) in [4.78, 5) is 29.0. The highest BCUT2D eigenvalue weighted by atomic mass is 16.2. The normalized spacial score (nSPS) is 10.4. The Morgan fingerprint density at radius 1 is 0.821 bits per heavy atom. The molecule has 3 aromatic rings. The highest BCUT2D eigenvalue weighted by Gasteiger charge is 2.12. The van der Waals surface area contributed by atoms with E-state index in [4.69, 9.17) is 0 Å². The summed E-state index contributed by atoms with van der Waals surface area (Å²) in [6, 6.07) is 15.2. The van der Waals surface area contributed by atoms with Crippen LogP contribution in [0.1, 0.15) is 43.0 Å². The van der Waals surface area contributed by atoms with Gasteiger partial charge in [0.15, 0.2) is 0 Å². The van der Waals surface area contributed by atoms with Crippen molar-refractivity contribution >= 4 is 17.5 Å². The van der Waals surface area contributed by atoms with Crippen LogP contribution in [-0.2, 0) is 6.54 Å². The van der Waals surface area contributed by atoms with E-state index in [2.05, 4.69) is 15.6 Å². The van der Waals surface area contributed by atoms with Crippen LogP contribution < -0.4 is 10.6 Å². The van der Waals surface area contributed by atoms with Gasteiger partial charge in [0, 0.05) is 24.6 Å². The molecule has 0 unspecified atom stereocenters. The number of hydrogen-bond donors (Lipinski definition) is 2. The van der Waals surface area contributed by atoms with Crippen LogP contribution in [0.25, 0.3) is 0 Å². The number of anilines is 1. The molecule has 5 nitrogen and oxygen atoms in total. The van der Waals surface area contributed by atoms with Crippen LogP contribution in [0.4, 0.5) is 5.69 Å². The topological polar surface area (TPSA) is 71.1 Å². The van der Waals surface area contributed by atoms with E-state index in [1.165, 1.54) is 12.4 Å². The molecule has 0 saturated carbocycles. The number of carbonyl (C=O) groups is 2. The van der Waals surface area contributed by atoms with Crippen molar-refractivity contribution in [2.24, 2.45) is 0 Å². The standard InChI is InChI=1S/C23H23N3O2/c1-15-8-9-21(10-17(15)3)26-23(28)20-11-19(12-24-13-20)22(27)25-14-18-7-5-4-6-16(18)2/h4-13H,14H2,1-3H3,(H,25,27)(H,26,28). The first kappa shape index (κ1) is 19.3. The van der Waals surface area contributed by atoms with Gasteiger partial charge in [0.25, 0.3) is 11.8 Å². The van der Waals surface area contributed by atoms with Crippen LogP contribution in [-0.4, -0.2) is 16.8 Å². The Morgan fingerprint density at radius 3 is 2.25 bits per heavy atom. The number of aryl methyl sites for hydroxylation is 3. The summed E-state index contributed by atoms with van der Waals surface area (Å²) in [6.45, 7) is 6.43. The minimum atomic E-state index is -0.302. The number of aromatic nitrogens is 1. The fraction of sp³-hybridized carbons (Fsp3) is 0.174. The highest BCUT2D eigenvalue weighted by Crippen LogP contribution is 2.15. The largest absolute Gasteiger partial charge is 0.348 e. The molecular formula is C23H23N3O2. The Labute approximate surface area is 164 Å². The minimum Gasteiger partial charge on any atom is -0.348 e. The van der Waals surface area contributed by atoms with Crippen LogP contribution in [0.2, 0.25) is 0 Å². The molecule has 5 heteroatoms. The second-order valence-electron chi connectivity index (χ2n) is 6.82. The summed E-state index contributed by atoms with van der Waals surface area (Å²) in [5.74, 6) is -0.569. The lowest BCUT2D eigenvalue weighted by Gasteiger charge is -2.10. The lowest BCUT2D eigenvalue weighted by molar-refractivity contribution is 0.0950. The molecule has 0 aliphatic heterocycles. The van der Waals surface area contributed by atoms with Gasteiger partial charge in [-0.05, 0) is 61.2 Å². The van der Waals surface area contributed by atoms with Gasteiger partial charge in [0.1, 0.15) is 0 Å². The molecule has 0 spiro atoms. The van der Waals surface area contributed by atoms with Gasteiger partial charge in [0.2, 0.25) is 0 Å². The molecule has 2 amide bonds. The van der Waals surface area contributed by atoms with Crippen molar-refractivity contribution in [1.29, 1.82) is 0 Å². The van der Waals surface area contributed by atoms with E-state index in [0.29, 0.717) is 23.4 Å². The Balaban J connectivity index is 1.68. The maximum atomic E-state index is 12.5. The smallest absolute Gasteiger partial charge is 0.257 e. The third kappa shape index (κ3) is 4.62. The number of hydrogen-bond acceptors (Lipinski definition) is 3. The van der Waals surface area contributed by atoms with E-state index < -0.39 is 0 Å². The lowest BCUT2D eigenvalue weighted by Crippen LogP contribution is -2.24. The molecule has 0 atom stereocenters. The molecule has 142 valence electrons. The molecule has 0 aliphatic carbocycles. The van der Waals surface area contributed by atoms with Crippen LogP contribution in [0.3, 0.4) is 0 Å². The molecular weight excluding hydrogens is 350 g/mol. The summed E-state index contributed by atoms with van der Waals surface area (Å²) in [7, 11) is 0. The number of carbonyl (C=O) groups excluding carboxylic acids is 2. The van der Waals surface area contributed by atoms with E-state index in [1.54, 1.807) is 6.07 Å². The van der Waals surface area contributed by atoms with E-state index in [-0.39, 0.29) is 11.8 Å². The van der Waals surface area contributed by atoms with Crippen molar-refractivity contribution in [3.63, 3.8) is 0 Å². The van der Waals surface area contributed by atoms with Gasteiger partial charge >= 0.3 is 0 Å². The highest BCUT2D eigenvalue weighted by molar-refractivity contribution is 6.05. The predicted molar refractivity (Wildman–Crippen MR) is 110 cm³/mol. The van der Waals surface area contributed by atoms with Crippen molar-refractivity contribution in [2.75, 3.05) is 5.32 Å². The molecule has 2 aromatic carbocycles. The monoisotopic (exact) mass is 373 g/mol. The van der Waals surface area contributed by atoms with E-state index in [0.717, 1.165) is 22.3 Å². The van der Waals surface area contributed by atoms with Gasteiger partial charge < -0.3 is 10.6 Å². The van der Waals surface area contributed by atoms with E-state index in [1.807, 2.05) is 63.2 Å². The zero-order chi connectivity index (χ0) is 20.1. The van der Waals surface area contributed by atoms with E-state index >= 15 is 0 Å². The molecule has 0 radical (unpaired) electrons. The van der Waals surface area contributed by atoms with Crippen LogP contribution in [0.5, 0.6) is 0 Å². The van der Waals surface area contributed by atoms with Gasteiger partial charge in [-0.2, -0.15) is 0 Å². The zero-order valence-corrected chi connectivity index (χ0v) is 16.2. The second kappa shape index (κ2) is 8.48. The Kier molecular flexibility index (Phi) is 5.84. The predicted octanol–water partition coefficient (Wildman–Crippen LogP) is 4.19. The number of amides is 2. The van der Waals surface area contributed by atoms with Gasteiger partial charge in [-0.3, -0.25) is 14.6 Å². The van der Waals surface area contributed by atoms with Crippen molar-refractivity contribution in [1.82, 2.24) is 10.3 Å². The lowest BCUT2D eigenvalue weighted by atomic mass is 10.1. The molecule has 1 aromatic heterocycles. The number of pyridine rings is 1. The summed E-state index contributed by atoms with van der Waals surface area (Å²) in [5.41, 5.74) is 5.81. The van der Waals surface area contributed by atoms with Crippen molar-refractivity contribution < 1.29 is 9.59 Å². The molecule has 0 bridgehead atoms. The fourth-order valence-electron chi connectivity index (χ4n) is 2.80. The van der Waals surface area contributed by atoms with Crippen LogP contribution in [0, 0.1) is 20.8 Å². The first-order valence-corrected chi connectivity index (χ1v) is 9.10.